The fourth-order valence-corrected chi connectivity index (χ4v) is 4.75. The quantitative estimate of drug-likeness (QED) is 0.301. The van der Waals surface area contributed by atoms with Gasteiger partial charge in [-0.2, -0.15) is 11.8 Å². The highest BCUT2D eigenvalue weighted by molar-refractivity contribution is 7.99. The molecule has 9 nitrogen and oxygen atoms in total. The summed E-state index contributed by atoms with van der Waals surface area (Å²) in [7, 11) is 0. The molecule has 1 atom stereocenters. The molecule has 1 aliphatic rings. The number of carboxylic acids is 1. The third-order valence-electron chi connectivity index (χ3n) is 5.70. The van der Waals surface area contributed by atoms with Crippen LogP contribution < -0.4 is 10.6 Å². The van der Waals surface area contributed by atoms with Gasteiger partial charge in [0.1, 0.15) is 12.6 Å². The van der Waals surface area contributed by atoms with Gasteiger partial charge in [-0.15, -0.1) is 0 Å². The molecule has 0 radical (unpaired) electrons. The smallest absolute Gasteiger partial charge is 0.407 e. The molecule has 4 rings (SSSR count). The van der Waals surface area contributed by atoms with Crippen LogP contribution in [0.25, 0.3) is 11.1 Å². The molecule has 1 aliphatic carbocycles. The minimum atomic E-state index is -1.12. The van der Waals surface area contributed by atoms with Gasteiger partial charge in [-0.1, -0.05) is 48.5 Å². The number of hydrogen-bond acceptors (Lipinski definition) is 6. The van der Waals surface area contributed by atoms with Crippen molar-refractivity contribution >= 4 is 29.7 Å². The number of alkyl carbamates (subject to hydrolysis) is 1. The maximum Gasteiger partial charge on any atom is 0.407 e. The first-order valence-corrected chi connectivity index (χ1v) is 12.3. The number of nitrogens with zero attached hydrogens (tertiary/aromatic N) is 1. The van der Waals surface area contributed by atoms with E-state index in [1.165, 1.54) is 35.4 Å². The van der Waals surface area contributed by atoms with Crippen molar-refractivity contribution in [3.05, 3.63) is 77.9 Å². The average molecular weight is 495 g/mol. The zero-order valence-electron chi connectivity index (χ0n) is 18.9. The molecule has 2 amide bonds. The zero-order valence-corrected chi connectivity index (χ0v) is 19.7. The van der Waals surface area contributed by atoms with Crippen LogP contribution in [0, 0.1) is 0 Å². The summed E-state index contributed by atoms with van der Waals surface area (Å²) in [5.41, 5.74) is 5.26. The molecule has 1 heterocycles. The Morgan fingerprint density at radius 3 is 2.40 bits per heavy atom. The number of aromatic amines is 1. The maximum absolute atomic E-state index is 12.2. The summed E-state index contributed by atoms with van der Waals surface area (Å²) in [4.78, 5) is 42.4. The Morgan fingerprint density at radius 2 is 1.77 bits per heavy atom. The number of aromatic nitrogens is 2. The molecule has 1 aromatic heterocycles. The predicted molar refractivity (Wildman–Crippen MR) is 132 cm³/mol. The van der Waals surface area contributed by atoms with Crippen molar-refractivity contribution in [3.63, 3.8) is 0 Å². The number of nitrogens with one attached hydrogen (secondary N) is 3. The van der Waals surface area contributed by atoms with Gasteiger partial charge in [-0.05, 0) is 22.3 Å². The number of carbonyl (C=O) groups is 3. The van der Waals surface area contributed by atoms with Gasteiger partial charge in [0.2, 0.25) is 5.91 Å². The van der Waals surface area contributed by atoms with Crippen LogP contribution in [0.4, 0.5) is 4.79 Å². The Morgan fingerprint density at radius 1 is 1.09 bits per heavy atom. The number of aliphatic carboxylic acids is 1. The van der Waals surface area contributed by atoms with Crippen LogP contribution in [0.3, 0.4) is 0 Å². The number of rotatable bonds is 11. The minimum Gasteiger partial charge on any atom is -0.480 e. The van der Waals surface area contributed by atoms with Gasteiger partial charge in [-0.25, -0.2) is 14.6 Å². The Hall–Kier alpha value is -3.79. The standard InChI is InChI=1S/C25H26N4O5S/c30-23(29-22(24(31)32)11-16-12-26-15-28-16)14-35-10-9-27-25(33)34-13-21-19-7-3-1-5-17(19)18-6-2-4-8-20(18)21/h1-8,12,15,21-22H,9-11,13-14H2,(H,26,28)(H,27,33)(H,29,30)(H,31,32). The van der Waals surface area contributed by atoms with E-state index >= 15 is 0 Å². The molecule has 2 aromatic carbocycles. The number of carboxylic acid groups (broad SMARTS) is 1. The van der Waals surface area contributed by atoms with Crippen LogP contribution in [-0.2, 0) is 20.7 Å². The third-order valence-corrected chi connectivity index (χ3v) is 6.66. The summed E-state index contributed by atoms with van der Waals surface area (Å²) in [5, 5.41) is 14.5. The number of H-pyrrole nitrogens is 1. The predicted octanol–water partition coefficient (Wildman–Crippen LogP) is 2.79. The van der Waals surface area contributed by atoms with Crippen LogP contribution in [0.5, 0.6) is 0 Å². The fourth-order valence-electron chi connectivity index (χ4n) is 4.09. The normalized spacial score (nSPS) is 12.9. The Balaban J connectivity index is 1.15. The van der Waals surface area contributed by atoms with E-state index < -0.39 is 18.1 Å². The molecule has 0 spiro atoms. The van der Waals surface area contributed by atoms with Crippen LogP contribution >= 0.6 is 11.8 Å². The minimum absolute atomic E-state index is 0.00448. The van der Waals surface area contributed by atoms with Crippen LogP contribution in [-0.4, -0.2) is 63.7 Å². The van der Waals surface area contributed by atoms with Gasteiger partial charge in [0, 0.05) is 36.5 Å². The van der Waals surface area contributed by atoms with Crippen molar-refractivity contribution in [2.75, 3.05) is 24.7 Å². The van der Waals surface area contributed by atoms with E-state index in [1.54, 1.807) is 0 Å². The number of benzene rings is 2. The summed E-state index contributed by atoms with van der Waals surface area (Å²) in [6.07, 6.45) is 2.58. The highest BCUT2D eigenvalue weighted by atomic mass is 32.2. The highest BCUT2D eigenvalue weighted by Crippen LogP contribution is 2.44. The lowest BCUT2D eigenvalue weighted by molar-refractivity contribution is -0.141. The Bertz CT molecular complexity index is 1140. The SMILES string of the molecule is O=C(CSCCNC(=O)OCC1c2ccccc2-c2ccccc21)NC(Cc1cnc[nH]1)C(=O)O. The number of amides is 2. The summed E-state index contributed by atoms with van der Waals surface area (Å²) < 4.78 is 5.48. The van der Waals surface area contributed by atoms with Gasteiger partial charge in [0.25, 0.3) is 0 Å². The van der Waals surface area contributed by atoms with Crippen molar-refractivity contribution in [2.24, 2.45) is 0 Å². The molecule has 1 unspecified atom stereocenters. The highest BCUT2D eigenvalue weighted by Gasteiger charge is 2.29. The van der Waals surface area contributed by atoms with Crippen molar-refractivity contribution in [3.8, 4) is 11.1 Å². The van der Waals surface area contributed by atoms with Gasteiger partial charge < -0.3 is 25.5 Å². The lowest BCUT2D eigenvalue weighted by atomic mass is 9.98. The number of carbonyl (C=O) groups excluding carboxylic acids is 2. The van der Waals surface area contributed by atoms with Crippen LogP contribution in [0.1, 0.15) is 22.7 Å². The van der Waals surface area contributed by atoms with Crippen LogP contribution in [0.15, 0.2) is 61.1 Å². The molecule has 182 valence electrons. The maximum atomic E-state index is 12.2. The second kappa shape index (κ2) is 11.6. The third kappa shape index (κ3) is 6.21. The molecule has 35 heavy (non-hydrogen) atoms. The molecule has 10 heteroatoms. The largest absolute Gasteiger partial charge is 0.480 e. The van der Waals surface area contributed by atoms with E-state index in [0.29, 0.717) is 18.0 Å². The summed E-state index contributed by atoms with van der Waals surface area (Å²) >= 11 is 1.29. The summed E-state index contributed by atoms with van der Waals surface area (Å²) in [6, 6.07) is 15.2. The first kappa shape index (κ1) is 24.3. The molecule has 4 N–H and O–H groups in total. The summed E-state index contributed by atoms with van der Waals surface area (Å²) in [6.45, 7) is 0.563. The second-order valence-electron chi connectivity index (χ2n) is 8.04. The molecule has 0 saturated heterocycles. The van der Waals surface area contributed by atoms with E-state index in [-0.39, 0.29) is 30.6 Å². The van der Waals surface area contributed by atoms with Crippen molar-refractivity contribution in [2.45, 2.75) is 18.4 Å². The molecule has 0 fully saturated rings. The lowest BCUT2D eigenvalue weighted by Crippen LogP contribution is -2.43. The van der Waals surface area contributed by atoms with E-state index in [4.69, 9.17) is 4.74 Å². The van der Waals surface area contributed by atoms with Gasteiger partial charge in [-0.3, -0.25) is 4.79 Å². The molecule has 3 aromatic rings. The van der Waals surface area contributed by atoms with Crippen molar-refractivity contribution < 1.29 is 24.2 Å². The molecule has 0 aliphatic heterocycles. The number of ether oxygens (including phenoxy) is 1. The number of hydrogen-bond donors (Lipinski definition) is 4. The van der Waals surface area contributed by atoms with Gasteiger partial charge in [0.15, 0.2) is 0 Å². The van der Waals surface area contributed by atoms with Crippen LogP contribution in [0.2, 0.25) is 0 Å². The van der Waals surface area contributed by atoms with Crippen molar-refractivity contribution in [1.82, 2.24) is 20.6 Å². The topological polar surface area (TPSA) is 133 Å². The number of imidazole rings is 1. The van der Waals surface area contributed by atoms with Gasteiger partial charge >= 0.3 is 12.1 Å². The van der Waals surface area contributed by atoms with E-state index in [9.17, 15) is 19.5 Å². The molecule has 0 saturated carbocycles. The molecular weight excluding hydrogens is 468 g/mol. The van der Waals surface area contributed by atoms with Gasteiger partial charge in [0.05, 0.1) is 12.1 Å². The second-order valence-corrected chi connectivity index (χ2v) is 9.15. The van der Waals surface area contributed by atoms with E-state index in [2.05, 4.69) is 44.9 Å². The monoisotopic (exact) mass is 494 g/mol. The fraction of sp³-hybridized carbons (Fsp3) is 0.280. The molecule has 0 bridgehead atoms. The van der Waals surface area contributed by atoms with Crippen molar-refractivity contribution in [1.29, 1.82) is 0 Å². The number of thioether (sulfide) groups is 1. The molecular formula is C25H26N4O5S. The summed E-state index contributed by atoms with van der Waals surface area (Å²) in [5.74, 6) is -0.942. The number of fused-ring (bicyclic) bond motifs is 3. The first-order valence-electron chi connectivity index (χ1n) is 11.2. The first-order chi connectivity index (χ1) is 17.0. The lowest BCUT2D eigenvalue weighted by Gasteiger charge is -2.15. The van der Waals surface area contributed by atoms with E-state index in [0.717, 1.165) is 11.1 Å². The van der Waals surface area contributed by atoms with E-state index in [1.807, 2.05) is 24.3 Å². The Labute approximate surface area is 206 Å². The Kier molecular flexibility index (Phi) is 8.04. The average Bonchev–Trinajstić information content (AvgIpc) is 3.48. The zero-order chi connectivity index (χ0) is 24.6.